The second-order valence-electron chi connectivity index (χ2n) is 2.20. The fraction of sp³-hybridized carbons (Fsp3) is 0.500. The molecule has 0 aromatic heterocycles. The van der Waals surface area contributed by atoms with Crippen LogP contribution in [-0.4, -0.2) is 46.5 Å². The predicted octanol–water partition coefficient (Wildman–Crippen LogP) is -1.43. The van der Waals surface area contributed by atoms with Crippen molar-refractivity contribution >= 4 is 41.1 Å². The van der Waals surface area contributed by atoms with Gasteiger partial charge in [-0.25, -0.2) is 4.79 Å². The van der Waals surface area contributed by atoms with E-state index in [4.69, 9.17) is 0 Å². The molecule has 0 fully saturated rings. The predicted molar refractivity (Wildman–Crippen MR) is 45.1 cm³/mol. The van der Waals surface area contributed by atoms with Crippen LogP contribution in [0.1, 0.15) is 6.92 Å². The summed E-state index contributed by atoms with van der Waals surface area (Å²) in [6, 6.07) is 0. The van der Waals surface area contributed by atoms with E-state index in [-0.39, 0.29) is 39.5 Å². The van der Waals surface area contributed by atoms with Crippen LogP contribution in [0.4, 0.5) is 0 Å². The average molecular weight is 415 g/mol. The molecule has 0 amide bonds. The van der Waals surface area contributed by atoms with Crippen LogP contribution in [0, 0.1) is 0 Å². The number of hydrogen-bond acceptors (Lipinski definition) is 6. The summed E-state index contributed by atoms with van der Waals surface area (Å²) in [7, 11) is -4.96. The summed E-state index contributed by atoms with van der Waals surface area (Å²) >= 11 is 0. The molecule has 0 saturated heterocycles. The Bertz CT molecular complexity index is 247. The molecule has 0 heterocycles. The molecule has 0 aliphatic rings. The van der Waals surface area contributed by atoms with E-state index in [9.17, 15) is 19.1 Å². The van der Waals surface area contributed by atoms with E-state index in [1.54, 1.807) is 0 Å². The van der Waals surface area contributed by atoms with Gasteiger partial charge in [0.1, 0.15) is 6.61 Å². The standard InChI is InChI=1S/C6H11O6P.Pb/c1-5(2)6(7)11-3-4-12-13(8,9)10;/h1,3-4H2,2H3,(H2,8,9,10);/q;+2/p-2. The molecule has 0 saturated carbocycles. The summed E-state index contributed by atoms with van der Waals surface area (Å²) in [5, 5.41) is 0. The smallest absolute Gasteiger partial charge is 0.790 e. The summed E-state index contributed by atoms with van der Waals surface area (Å²) in [6.45, 7) is 3.97. The van der Waals surface area contributed by atoms with Crippen molar-refractivity contribution in [1.82, 2.24) is 0 Å². The molecule has 0 aromatic rings. The minimum Gasteiger partial charge on any atom is -0.790 e. The van der Waals surface area contributed by atoms with Gasteiger partial charge in [-0.2, -0.15) is 0 Å². The molecule has 0 unspecified atom stereocenters. The van der Waals surface area contributed by atoms with E-state index in [0.717, 1.165) is 0 Å². The van der Waals surface area contributed by atoms with Crippen LogP contribution in [0.15, 0.2) is 12.2 Å². The first-order chi connectivity index (χ1) is 5.83. The minimum atomic E-state index is -4.96. The van der Waals surface area contributed by atoms with Gasteiger partial charge in [-0.3, -0.25) is 0 Å². The van der Waals surface area contributed by atoms with Crippen LogP contribution in [0.3, 0.4) is 0 Å². The van der Waals surface area contributed by atoms with Gasteiger partial charge in [-0.1, -0.05) is 6.58 Å². The summed E-state index contributed by atoms with van der Waals surface area (Å²) in [5.41, 5.74) is 0.187. The van der Waals surface area contributed by atoms with E-state index in [2.05, 4.69) is 15.8 Å². The van der Waals surface area contributed by atoms with Crippen molar-refractivity contribution in [1.29, 1.82) is 0 Å². The zero-order chi connectivity index (χ0) is 10.5. The van der Waals surface area contributed by atoms with Gasteiger partial charge >= 0.3 is 33.3 Å². The topological polar surface area (TPSA) is 98.7 Å². The van der Waals surface area contributed by atoms with Crippen molar-refractivity contribution in [2.24, 2.45) is 0 Å². The third-order valence-electron chi connectivity index (χ3n) is 0.914. The molecule has 14 heavy (non-hydrogen) atoms. The Hall–Kier alpha value is 0.242. The van der Waals surface area contributed by atoms with Crippen molar-refractivity contribution in [2.45, 2.75) is 6.92 Å². The molecule has 0 aliphatic carbocycles. The van der Waals surface area contributed by atoms with E-state index < -0.39 is 20.4 Å². The van der Waals surface area contributed by atoms with Crippen LogP contribution in [0.2, 0.25) is 0 Å². The molecule has 0 N–H and O–H groups in total. The van der Waals surface area contributed by atoms with Gasteiger partial charge in [0, 0.05) is 5.57 Å². The maximum atomic E-state index is 10.7. The van der Waals surface area contributed by atoms with Crippen molar-refractivity contribution in [3.8, 4) is 0 Å². The fourth-order valence-electron chi connectivity index (χ4n) is 0.407. The van der Waals surface area contributed by atoms with Crippen LogP contribution >= 0.6 is 7.82 Å². The zero-order valence-corrected chi connectivity index (χ0v) is 12.3. The Kier molecular flexibility index (Phi) is 8.95. The van der Waals surface area contributed by atoms with Gasteiger partial charge in [0.05, 0.1) is 14.4 Å². The second kappa shape index (κ2) is 7.52. The molecule has 6 nitrogen and oxygen atoms in total. The van der Waals surface area contributed by atoms with Gasteiger partial charge in [-0.05, 0) is 6.92 Å². The Labute approximate surface area is 102 Å². The van der Waals surface area contributed by atoms with Gasteiger partial charge < -0.3 is 23.6 Å². The van der Waals surface area contributed by atoms with E-state index in [0.29, 0.717) is 0 Å². The molecule has 0 atom stereocenters. The van der Waals surface area contributed by atoms with Crippen LogP contribution in [0.5, 0.6) is 0 Å². The fourth-order valence-corrected chi connectivity index (χ4v) is 0.705. The van der Waals surface area contributed by atoms with Crippen molar-refractivity contribution in [3.63, 3.8) is 0 Å². The van der Waals surface area contributed by atoms with E-state index >= 15 is 0 Å². The monoisotopic (exact) mass is 416 g/mol. The molecule has 78 valence electrons. The van der Waals surface area contributed by atoms with Gasteiger partial charge in [-0.15, -0.1) is 0 Å². The van der Waals surface area contributed by atoms with Gasteiger partial charge in [0.2, 0.25) is 0 Å². The summed E-state index contributed by atoms with van der Waals surface area (Å²) in [6.07, 6.45) is 0. The number of ether oxygens (including phenoxy) is 1. The molecule has 0 spiro atoms. The van der Waals surface area contributed by atoms with Crippen molar-refractivity contribution in [3.05, 3.63) is 12.2 Å². The third kappa shape index (κ3) is 10.3. The SMILES string of the molecule is C=C(C)C(=O)OCCOP(=O)([O-])[O-].[Pb+2]. The molecule has 0 aromatic carbocycles. The number of phosphoric acid groups is 1. The normalized spacial score (nSPS) is 10.2. The molecule has 0 rings (SSSR count). The Morgan fingerprint density at radius 2 is 1.93 bits per heavy atom. The quantitative estimate of drug-likeness (QED) is 0.180. The summed E-state index contributed by atoms with van der Waals surface area (Å²) < 4.78 is 18.1. The molecule has 0 aliphatic heterocycles. The first-order valence-corrected chi connectivity index (χ1v) is 4.78. The van der Waals surface area contributed by atoms with Crippen molar-refractivity contribution < 1.29 is 28.4 Å². The van der Waals surface area contributed by atoms with E-state index in [1.807, 2.05) is 0 Å². The molecule has 8 heteroatoms. The molecule has 2 radical (unpaired) electrons. The average Bonchev–Trinajstić information content (AvgIpc) is 1.95. The Balaban J connectivity index is 0. The molecule has 0 bridgehead atoms. The number of hydrogen-bond donors (Lipinski definition) is 0. The molecular formula is C6H9O6PPb. The van der Waals surface area contributed by atoms with Gasteiger partial charge in [0.25, 0.3) is 0 Å². The second-order valence-corrected chi connectivity index (χ2v) is 3.35. The number of esters is 1. The summed E-state index contributed by atoms with van der Waals surface area (Å²) in [5.74, 6) is -0.657. The van der Waals surface area contributed by atoms with Crippen LogP contribution < -0.4 is 9.79 Å². The maximum Gasteiger partial charge on any atom is 2.00 e. The zero-order valence-electron chi connectivity index (χ0n) is 7.52. The first-order valence-electron chi connectivity index (χ1n) is 3.32. The summed E-state index contributed by atoms with van der Waals surface area (Å²) in [4.78, 5) is 30.5. The Morgan fingerprint density at radius 1 is 1.43 bits per heavy atom. The number of carbonyl (C=O) groups is 1. The van der Waals surface area contributed by atoms with Crippen LogP contribution in [0.25, 0.3) is 0 Å². The maximum absolute atomic E-state index is 10.7. The number of phosphoric ester groups is 1. The largest absolute Gasteiger partial charge is 2.00 e. The number of rotatable bonds is 5. The third-order valence-corrected chi connectivity index (χ3v) is 1.41. The molecular weight excluding hydrogens is 406 g/mol. The van der Waals surface area contributed by atoms with Crippen LogP contribution in [-0.2, 0) is 18.6 Å². The number of carbonyl (C=O) groups excluding carboxylic acids is 1. The van der Waals surface area contributed by atoms with Gasteiger partial charge in [0.15, 0.2) is 0 Å². The van der Waals surface area contributed by atoms with E-state index in [1.165, 1.54) is 6.92 Å². The first kappa shape index (κ1) is 16.7. The Morgan fingerprint density at radius 3 is 2.29 bits per heavy atom. The van der Waals surface area contributed by atoms with Crippen molar-refractivity contribution in [2.75, 3.05) is 13.2 Å². The minimum absolute atomic E-state index is 0.